The highest BCUT2D eigenvalue weighted by Crippen LogP contribution is 2.21. The zero-order chi connectivity index (χ0) is 14.7. The predicted molar refractivity (Wildman–Crippen MR) is 79.5 cm³/mol. The standard InChI is InChI=1S/C15H19ClFN3/c1-10(2)18-7-13-8-19-20(11(13)3)9-12-5-4-6-14(17)15(12)16/h4-6,8,10,18H,7,9H2,1-3H3. The summed E-state index contributed by atoms with van der Waals surface area (Å²) in [5, 5.41) is 7.89. The van der Waals surface area contributed by atoms with Crippen LogP contribution in [-0.4, -0.2) is 15.8 Å². The normalized spacial score (nSPS) is 11.3. The summed E-state index contributed by atoms with van der Waals surface area (Å²) < 4.78 is 15.3. The van der Waals surface area contributed by atoms with Gasteiger partial charge in [0.2, 0.25) is 0 Å². The van der Waals surface area contributed by atoms with E-state index in [0.717, 1.165) is 23.4 Å². The van der Waals surface area contributed by atoms with Crippen molar-refractivity contribution in [2.24, 2.45) is 0 Å². The minimum absolute atomic E-state index is 0.171. The lowest BCUT2D eigenvalue weighted by atomic mass is 10.2. The van der Waals surface area contributed by atoms with Crippen LogP contribution in [0.3, 0.4) is 0 Å². The molecule has 1 aromatic heterocycles. The van der Waals surface area contributed by atoms with Gasteiger partial charge in [0.1, 0.15) is 5.82 Å². The fourth-order valence-corrected chi connectivity index (χ4v) is 2.15. The Kier molecular flexibility index (Phi) is 4.78. The van der Waals surface area contributed by atoms with Crippen molar-refractivity contribution in [1.29, 1.82) is 0 Å². The van der Waals surface area contributed by atoms with Crippen LogP contribution in [0.25, 0.3) is 0 Å². The zero-order valence-electron chi connectivity index (χ0n) is 12.0. The van der Waals surface area contributed by atoms with Crippen molar-refractivity contribution in [1.82, 2.24) is 15.1 Å². The first-order chi connectivity index (χ1) is 9.49. The number of rotatable bonds is 5. The molecular formula is C15H19ClFN3. The summed E-state index contributed by atoms with van der Waals surface area (Å²) in [5.74, 6) is -0.393. The van der Waals surface area contributed by atoms with Crippen LogP contribution in [0.2, 0.25) is 5.02 Å². The van der Waals surface area contributed by atoms with Crippen LogP contribution >= 0.6 is 11.6 Å². The summed E-state index contributed by atoms with van der Waals surface area (Å²) in [7, 11) is 0. The molecule has 0 radical (unpaired) electrons. The van der Waals surface area contributed by atoms with E-state index in [1.54, 1.807) is 6.07 Å². The van der Waals surface area contributed by atoms with Crippen LogP contribution < -0.4 is 5.32 Å². The molecule has 5 heteroatoms. The highest BCUT2D eigenvalue weighted by atomic mass is 35.5. The van der Waals surface area contributed by atoms with E-state index in [0.29, 0.717) is 12.6 Å². The molecule has 1 N–H and O–H groups in total. The maximum Gasteiger partial charge on any atom is 0.142 e. The minimum Gasteiger partial charge on any atom is -0.310 e. The molecule has 0 aliphatic carbocycles. The molecule has 0 spiro atoms. The first kappa shape index (κ1) is 15.0. The van der Waals surface area contributed by atoms with Crippen LogP contribution in [0.5, 0.6) is 0 Å². The largest absolute Gasteiger partial charge is 0.310 e. The second-order valence-electron chi connectivity index (χ2n) is 5.16. The average Bonchev–Trinajstić information content (AvgIpc) is 2.74. The summed E-state index contributed by atoms with van der Waals surface area (Å²) in [6.07, 6.45) is 1.85. The van der Waals surface area contributed by atoms with Gasteiger partial charge in [0.05, 0.1) is 17.8 Å². The highest BCUT2D eigenvalue weighted by Gasteiger charge is 2.10. The topological polar surface area (TPSA) is 29.9 Å². The van der Waals surface area contributed by atoms with Gasteiger partial charge < -0.3 is 5.32 Å². The van der Waals surface area contributed by atoms with Crippen molar-refractivity contribution in [3.05, 3.63) is 52.1 Å². The molecule has 1 aromatic carbocycles. The Morgan fingerprint density at radius 2 is 2.10 bits per heavy atom. The monoisotopic (exact) mass is 295 g/mol. The highest BCUT2D eigenvalue weighted by molar-refractivity contribution is 6.31. The van der Waals surface area contributed by atoms with Gasteiger partial charge >= 0.3 is 0 Å². The van der Waals surface area contributed by atoms with Gasteiger partial charge in [-0.25, -0.2) is 4.39 Å². The van der Waals surface area contributed by atoms with Crippen LogP contribution in [0.1, 0.15) is 30.7 Å². The van der Waals surface area contributed by atoms with Crippen LogP contribution in [0.4, 0.5) is 4.39 Å². The lowest BCUT2D eigenvalue weighted by Crippen LogP contribution is -2.22. The number of aromatic nitrogens is 2. The van der Waals surface area contributed by atoms with Gasteiger partial charge in [-0.05, 0) is 18.6 Å². The SMILES string of the molecule is Cc1c(CNC(C)C)cnn1Cc1cccc(F)c1Cl. The minimum atomic E-state index is -0.393. The molecular weight excluding hydrogens is 277 g/mol. The Balaban J connectivity index is 2.16. The van der Waals surface area contributed by atoms with E-state index in [1.807, 2.05) is 23.9 Å². The van der Waals surface area contributed by atoms with Gasteiger partial charge in [0.15, 0.2) is 0 Å². The number of nitrogens with one attached hydrogen (secondary N) is 1. The van der Waals surface area contributed by atoms with Crippen LogP contribution in [-0.2, 0) is 13.1 Å². The summed E-state index contributed by atoms with van der Waals surface area (Å²) in [6, 6.07) is 5.27. The lowest BCUT2D eigenvalue weighted by molar-refractivity contribution is 0.584. The molecule has 0 atom stereocenters. The van der Waals surface area contributed by atoms with Crippen molar-refractivity contribution >= 4 is 11.6 Å². The number of halogens is 2. The third-order valence-corrected chi connectivity index (χ3v) is 3.68. The Morgan fingerprint density at radius 1 is 1.35 bits per heavy atom. The predicted octanol–water partition coefficient (Wildman–Crippen LogP) is 3.53. The molecule has 2 rings (SSSR count). The average molecular weight is 296 g/mol. The van der Waals surface area contributed by atoms with Gasteiger partial charge in [-0.2, -0.15) is 5.10 Å². The molecule has 0 aliphatic heterocycles. The van der Waals surface area contributed by atoms with E-state index >= 15 is 0 Å². The number of nitrogens with zero attached hydrogens (tertiary/aromatic N) is 2. The number of hydrogen-bond donors (Lipinski definition) is 1. The molecule has 0 unspecified atom stereocenters. The molecule has 0 aliphatic rings. The van der Waals surface area contributed by atoms with Crippen molar-refractivity contribution in [2.75, 3.05) is 0 Å². The lowest BCUT2D eigenvalue weighted by Gasteiger charge is -2.09. The molecule has 0 saturated heterocycles. The van der Waals surface area contributed by atoms with E-state index < -0.39 is 5.82 Å². The van der Waals surface area contributed by atoms with Gasteiger partial charge in [-0.15, -0.1) is 0 Å². The summed E-state index contributed by atoms with van der Waals surface area (Å²) >= 11 is 5.98. The van der Waals surface area contributed by atoms with E-state index in [4.69, 9.17) is 11.6 Å². The molecule has 3 nitrogen and oxygen atoms in total. The summed E-state index contributed by atoms with van der Waals surface area (Å²) in [6.45, 7) is 7.47. The third kappa shape index (κ3) is 3.38. The second-order valence-corrected chi connectivity index (χ2v) is 5.54. The molecule has 0 bridgehead atoms. The van der Waals surface area contributed by atoms with Crippen LogP contribution in [0, 0.1) is 12.7 Å². The van der Waals surface area contributed by atoms with E-state index in [1.165, 1.54) is 6.07 Å². The maximum absolute atomic E-state index is 13.4. The van der Waals surface area contributed by atoms with Gasteiger partial charge in [0.25, 0.3) is 0 Å². The smallest absolute Gasteiger partial charge is 0.142 e. The molecule has 0 fully saturated rings. The van der Waals surface area contributed by atoms with Crippen molar-refractivity contribution in [3.63, 3.8) is 0 Å². The fourth-order valence-electron chi connectivity index (χ4n) is 1.96. The van der Waals surface area contributed by atoms with E-state index in [9.17, 15) is 4.39 Å². The Hall–Kier alpha value is -1.39. The Labute approximate surface area is 123 Å². The maximum atomic E-state index is 13.4. The van der Waals surface area contributed by atoms with Crippen molar-refractivity contribution in [2.45, 2.75) is 39.9 Å². The first-order valence-corrected chi connectivity index (χ1v) is 7.04. The summed E-state index contributed by atoms with van der Waals surface area (Å²) in [5.41, 5.74) is 2.95. The quantitative estimate of drug-likeness (QED) is 0.914. The van der Waals surface area contributed by atoms with Crippen LogP contribution in [0.15, 0.2) is 24.4 Å². The third-order valence-electron chi connectivity index (χ3n) is 3.26. The van der Waals surface area contributed by atoms with Crippen molar-refractivity contribution < 1.29 is 4.39 Å². The number of benzene rings is 1. The molecule has 0 amide bonds. The first-order valence-electron chi connectivity index (χ1n) is 6.66. The molecule has 20 heavy (non-hydrogen) atoms. The molecule has 108 valence electrons. The zero-order valence-corrected chi connectivity index (χ0v) is 12.7. The Bertz CT molecular complexity index is 593. The molecule has 0 saturated carbocycles. The van der Waals surface area contributed by atoms with Crippen molar-refractivity contribution in [3.8, 4) is 0 Å². The van der Waals surface area contributed by atoms with Gasteiger partial charge in [-0.1, -0.05) is 37.6 Å². The Morgan fingerprint density at radius 3 is 2.80 bits per heavy atom. The van der Waals surface area contributed by atoms with Gasteiger partial charge in [-0.3, -0.25) is 4.68 Å². The molecule has 1 heterocycles. The fraction of sp³-hybridized carbons (Fsp3) is 0.400. The number of hydrogen-bond acceptors (Lipinski definition) is 2. The molecule has 2 aromatic rings. The summed E-state index contributed by atoms with van der Waals surface area (Å²) in [4.78, 5) is 0. The van der Waals surface area contributed by atoms with E-state index in [2.05, 4.69) is 24.3 Å². The van der Waals surface area contributed by atoms with Gasteiger partial charge in [0, 0.05) is 23.8 Å². The van der Waals surface area contributed by atoms with E-state index in [-0.39, 0.29) is 5.02 Å². The second kappa shape index (κ2) is 6.37.